The van der Waals surface area contributed by atoms with Crippen LogP contribution in [0.3, 0.4) is 0 Å². The number of likely N-dealkylation sites (tertiary alicyclic amines) is 1. The van der Waals surface area contributed by atoms with E-state index >= 15 is 0 Å². The summed E-state index contributed by atoms with van der Waals surface area (Å²) in [5.41, 5.74) is 6.90. The van der Waals surface area contributed by atoms with Crippen LogP contribution in [0.5, 0.6) is 0 Å². The van der Waals surface area contributed by atoms with Crippen molar-refractivity contribution in [2.24, 2.45) is 11.7 Å². The van der Waals surface area contributed by atoms with E-state index in [2.05, 4.69) is 4.72 Å². The Labute approximate surface area is 156 Å². The molecular weight excluding hydrogens is 362 g/mol. The van der Waals surface area contributed by atoms with E-state index < -0.39 is 10.0 Å². The molecule has 0 radical (unpaired) electrons. The molecule has 3 N–H and O–H groups in total. The molecular formula is C17H28ClN3O3S. The van der Waals surface area contributed by atoms with Crippen molar-refractivity contribution in [2.75, 3.05) is 23.6 Å². The van der Waals surface area contributed by atoms with Gasteiger partial charge in [0.25, 0.3) is 5.91 Å². The molecule has 0 bridgehead atoms. The molecule has 1 fully saturated rings. The fraction of sp³-hybridized carbons (Fsp3) is 0.588. The van der Waals surface area contributed by atoms with Crippen LogP contribution < -0.4 is 10.5 Å². The van der Waals surface area contributed by atoms with Crippen LogP contribution in [-0.4, -0.2) is 44.1 Å². The van der Waals surface area contributed by atoms with E-state index in [1.807, 2.05) is 18.7 Å². The van der Waals surface area contributed by atoms with Crippen molar-refractivity contribution in [3.8, 4) is 0 Å². The molecule has 6 nitrogen and oxygen atoms in total. The highest BCUT2D eigenvalue weighted by molar-refractivity contribution is 7.92. The Balaban J connectivity index is 0.00000312. The summed E-state index contributed by atoms with van der Waals surface area (Å²) in [5, 5.41) is 0. The van der Waals surface area contributed by atoms with Gasteiger partial charge in [-0.1, -0.05) is 13.0 Å². The van der Waals surface area contributed by atoms with Crippen LogP contribution in [0, 0.1) is 5.92 Å². The summed E-state index contributed by atoms with van der Waals surface area (Å²) in [6.07, 6.45) is 2.53. The molecule has 2 atom stereocenters. The van der Waals surface area contributed by atoms with Gasteiger partial charge in [0, 0.05) is 30.4 Å². The molecule has 0 saturated carbocycles. The number of hydrogen-bond acceptors (Lipinski definition) is 4. The molecule has 2 unspecified atom stereocenters. The molecule has 142 valence electrons. The van der Waals surface area contributed by atoms with Crippen LogP contribution in [0.15, 0.2) is 24.3 Å². The Morgan fingerprint density at radius 1 is 1.44 bits per heavy atom. The highest BCUT2D eigenvalue weighted by atomic mass is 35.5. The minimum absolute atomic E-state index is 0. The largest absolute Gasteiger partial charge is 0.338 e. The van der Waals surface area contributed by atoms with E-state index in [4.69, 9.17) is 5.73 Å². The zero-order chi connectivity index (χ0) is 17.7. The maximum absolute atomic E-state index is 12.7. The number of carbonyl (C=O) groups excluding carboxylic acids is 1. The van der Waals surface area contributed by atoms with Crippen molar-refractivity contribution in [1.29, 1.82) is 0 Å². The zero-order valence-electron chi connectivity index (χ0n) is 14.8. The third kappa shape index (κ3) is 6.17. The van der Waals surface area contributed by atoms with Gasteiger partial charge in [0.15, 0.2) is 0 Å². The number of halogens is 1. The van der Waals surface area contributed by atoms with Crippen LogP contribution in [0.2, 0.25) is 0 Å². The summed E-state index contributed by atoms with van der Waals surface area (Å²) in [6.45, 7) is 5.16. The minimum atomic E-state index is -3.36. The second-order valence-electron chi connectivity index (χ2n) is 6.51. The molecule has 1 aliphatic rings. The van der Waals surface area contributed by atoms with Gasteiger partial charge < -0.3 is 10.6 Å². The molecule has 0 aliphatic carbocycles. The number of carbonyl (C=O) groups is 1. The van der Waals surface area contributed by atoms with Crippen molar-refractivity contribution in [1.82, 2.24) is 4.90 Å². The number of anilines is 1. The number of nitrogens with zero attached hydrogens (tertiary/aromatic N) is 1. The first kappa shape index (κ1) is 21.7. The first-order valence-corrected chi connectivity index (χ1v) is 10.1. The summed E-state index contributed by atoms with van der Waals surface area (Å²) in [7, 11) is -3.36. The van der Waals surface area contributed by atoms with Crippen LogP contribution in [-0.2, 0) is 10.0 Å². The van der Waals surface area contributed by atoms with Crippen LogP contribution in [0.4, 0.5) is 5.69 Å². The Kier molecular flexibility index (Phi) is 8.18. The quantitative estimate of drug-likeness (QED) is 0.781. The van der Waals surface area contributed by atoms with Crippen LogP contribution in [0.1, 0.15) is 43.5 Å². The molecule has 1 aromatic rings. The lowest BCUT2D eigenvalue weighted by Crippen LogP contribution is -2.45. The van der Waals surface area contributed by atoms with Gasteiger partial charge in [-0.05, 0) is 50.3 Å². The van der Waals surface area contributed by atoms with Gasteiger partial charge in [0.1, 0.15) is 0 Å². The Bertz CT molecular complexity index is 679. The number of hydrogen-bond donors (Lipinski definition) is 2. The second kappa shape index (κ2) is 9.40. The lowest BCUT2D eigenvalue weighted by Gasteiger charge is -2.34. The summed E-state index contributed by atoms with van der Waals surface area (Å²) in [5.74, 6) is 0.304. The van der Waals surface area contributed by atoms with Gasteiger partial charge in [-0.15, -0.1) is 12.4 Å². The highest BCUT2D eigenvalue weighted by Gasteiger charge is 2.26. The van der Waals surface area contributed by atoms with Crippen molar-refractivity contribution >= 4 is 34.0 Å². The number of nitrogens with two attached hydrogens (primary N) is 1. The molecule has 1 aliphatic heterocycles. The van der Waals surface area contributed by atoms with Crippen LogP contribution in [0.25, 0.3) is 0 Å². The van der Waals surface area contributed by atoms with Crippen molar-refractivity contribution in [3.05, 3.63) is 29.8 Å². The summed E-state index contributed by atoms with van der Waals surface area (Å²) < 4.78 is 26.3. The van der Waals surface area contributed by atoms with E-state index in [0.717, 1.165) is 12.8 Å². The smallest absolute Gasteiger partial charge is 0.253 e. The topological polar surface area (TPSA) is 92.5 Å². The highest BCUT2D eigenvalue weighted by Crippen LogP contribution is 2.22. The van der Waals surface area contributed by atoms with Crippen molar-refractivity contribution in [3.63, 3.8) is 0 Å². The third-order valence-corrected chi connectivity index (χ3v) is 5.84. The van der Waals surface area contributed by atoms with Crippen LogP contribution >= 0.6 is 12.4 Å². The fourth-order valence-electron chi connectivity index (χ4n) is 3.02. The molecule has 2 rings (SSSR count). The van der Waals surface area contributed by atoms with Crippen molar-refractivity contribution < 1.29 is 13.2 Å². The first-order valence-electron chi connectivity index (χ1n) is 8.48. The van der Waals surface area contributed by atoms with Gasteiger partial charge in [-0.3, -0.25) is 9.52 Å². The molecule has 0 aromatic heterocycles. The lowest BCUT2D eigenvalue weighted by atomic mass is 9.92. The number of nitrogens with one attached hydrogen (secondary N) is 1. The number of amides is 1. The van der Waals surface area contributed by atoms with Gasteiger partial charge in [0.05, 0.1) is 5.75 Å². The molecule has 8 heteroatoms. The van der Waals surface area contributed by atoms with Crippen molar-refractivity contribution in [2.45, 2.75) is 39.2 Å². The van der Waals surface area contributed by atoms with E-state index in [0.29, 0.717) is 36.7 Å². The Hall–Kier alpha value is -1.31. The number of sulfonamides is 1. The minimum Gasteiger partial charge on any atom is -0.338 e. The summed E-state index contributed by atoms with van der Waals surface area (Å²) in [6, 6.07) is 6.74. The van der Waals surface area contributed by atoms with E-state index in [9.17, 15) is 13.2 Å². The normalized spacial score (nSPS) is 19.0. The Morgan fingerprint density at radius 3 is 2.80 bits per heavy atom. The van der Waals surface area contributed by atoms with E-state index in [1.54, 1.807) is 24.3 Å². The molecule has 1 amide bonds. The molecule has 1 aromatic carbocycles. The molecule has 1 heterocycles. The summed E-state index contributed by atoms with van der Waals surface area (Å²) >= 11 is 0. The molecule has 25 heavy (non-hydrogen) atoms. The maximum atomic E-state index is 12.7. The van der Waals surface area contributed by atoms with Gasteiger partial charge in [-0.25, -0.2) is 8.42 Å². The van der Waals surface area contributed by atoms with Gasteiger partial charge >= 0.3 is 0 Å². The Morgan fingerprint density at radius 2 is 2.16 bits per heavy atom. The van der Waals surface area contributed by atoms with Gasteiger partial charge in [0.2, 0.25) is 10.0 Å². The summed E-state index contributed by atoms with van der Waals surface area (Å²) in [4.78, 5) is 14.5. The fourth-order valence-corrected chi connectivity index (χ4v) is 4.15. The second-order valence-corrected chi connectivity index (χ2v) is 8.36. The standard InChI is InChI=1S/C17H27N3O3S.ClH/c1-3-10-24(22,23)19-16-8-4-6-14(11-16)17(21)20-9-5-7-15(12-20)13(2)18;/h4,6,8,11,13,15,19H,3,5,7,9-10,12,18H2,1-2H3;1H. The number of piperidine rings is 1. The first-order chi connectivity index (χ1) is 11.3. The average Bonchev–Trinajstić information content (AvgIpc) is 2.54. The molecule has 0 spiro atoms. The molecule has 1 saturated heterocycles. The predicted octanol–water partition coefficient (Wildman–Crippen LogP) is 2.46. The third-order valence-electron chi connectivity index (χ3n) is 4.34. The van der Waals surface area contributed by atoms with E-state index in [1.165, 1.54) is 0 Å². The monoisotopic (exact) mass is 389 g/mol. The number of benzene rings is 1. The lowest BCUT2D eigenvalue weighted by molar-refractivity contribution is 0.0661. The number of rotatable bonds is 6. The van der Waals surface area contributed by atoms with Gasteiger partial charge in [-0.2, -0.15) is 0 Å². The predicted molar refractivity (Wildman–Crippen MR) is 104 cm³/mol. The average molecular weight is 390 g/mol. The van der Waals surface area contributed by atoms with E-state index in [-0.39, 0.29) is 30.1 Å². The maximum Gasteiger partial charge on any atom is 0.253 e. The zero-order valence-corrected chi connectivity index (χ0v) is 16.4. The SMILES string of the molecule is CCCS(=O)(=O)Nc1cccc(C(=O)N2CCCC(C(C)N)C2)c1.Cl.